The van der Waals surface area contributed by atoms with Gasteiger partial charge in [-0.1, -0.05) is 0 Å². The number of carboxylic acid groups (broad SMARTS) is 1. The second-order valence-corrected chi connectivity index (χ2v) is 3.95. The van der Waals surface area contributed by atoms with Gasteiger partial charge in [0.2, 0.25) is 5.91 Å². The van der Waals surface area contributed by atoms with Crippen molar-refractivity contribution in [1.29, 1.82) is 0 Å². The van der Waals surface area contributed by atoms with E-state index < -0.39 is 12.0 Å². The maximum Gasteiger partial charge on any atom is 0.315 e. The van der Waals surface area contributed by atoms with Crippen LogP contribution in [0, 0.1) is 0 Å². The summed E-state index contributed by atoms with van der Waals surface area (Å²) in [5.41, 5.74) is 0. The highest BCUT2D eigenvalue weighted by Crippen LogP contribution is 2.17. The standard InChI is InChI=1S/C10H17N3O4/c14-8(13-7-3-4-7)6-12-10(17)11-5-1-2-9(15)16/h7H,1-6H2,(H,13,14)(H,15,16)(H2,11,12,17). The minimum absolute atomic E-state index is 0.0163. The van der Waals surface area contributed by atoms with Crippen LogP contribution in [0.15, 0.2) is 0 Å². The van der Waals surface area contributed by atoms with Gasteiger partial charge in [0.15, 0.2) is 0 Å². The van der Waals surface area contributed by atoms with Crippen molar-refractivity contribution in [2.24, 2.45) is 0 Å². The fourth-order valence-electron chi connectivity index (χ4n) is 1.17. The Labute approximate surface area is 98.9 Å². The number of aliphatic carboxylic acids is 1. The maximum absolute atomic E-state index is 11.2. The zero-order valence-electron chi connectivity index (χ0n) is 9.49. The average molecular weight is 243 g/mol. The maximum atomic E-state index is 11.2. The molecule has 0 aromatic heterocycles. The lowest BCUT2D eigenvalue weighted by Crippen LogP contribution is -2.42. The summed E-state index contributed by atoms with van der Waals surface area (Å²) in [5, 5.41) is 16.0. The van der Waals surface area contributed by atoms with Crippen LogP contribution in [0.2, 0.25) is 0 Å². The van der Waals surface area contributed by atoms with Crippen molar-refractivity contribution in [2.45, 2.75) is 31.7 Å². The minimum Gasteiger partial charge on any atom is -0.481 e. The zero-order chi connectivity index (χ0) is 12.7. The summed E-state index contributed by atoms with van der Waals surface area (Å²) >= 11 is 0. The molecule has 1 fully saturated rings. The number of rotatable bonds is 7. The Morgan fingerprint density at radius 1 is 1.18 bits per heavy atom. The molecule has 1 aliphatic carbocycles. The van der Waals surface area contributed by atoms with E-state index in [1.54, 1.807) is 0 Å². The molecule has 0 radical (unpaired) electrons. The van der Waals surface area contributed by atoms with Crippen LogP contribution in [-0.4, -0.2) is 42.1 Å². The quantitative estimate of drug-likeness (QED) is 0.449. The van der Waals surface area contributed by atoms with Gasteiger partial charge in [0.1, 0.15) is 0 Å². The number of amides is 3. The van der Waals surface area contributed by atoms with E-state index in [9.17, 15) is 14.4 Å². The van der Waals surface area contributed by atoms with Gasteiger partial charge in [0, 0.05) is 19.0 Å². The van der Waals surface area contributed by atoms with E-state index in [4.69, 9.17) is 5.11 Å². The van der Waals surface area contributed by atoms with Gasteiger partial charge in [0.25, 0.3) is 0 Å². The second-order valence-electron chi connectivity index (χ2n) is 3.95. The van der Waals surface area contributed by atoms with Crippen LogP contribution in [0.25, 0.3) is 0 Å². The summed E-state index contributed by atoms with van der Waals surface area (Å²) in [7, 11) is 0. The van der Waals surface area contributed by atoms with Gasteiger partial charge in [-0.2, -0.15) is 0 Å². The highest BCUT2D eigenvalue weighted by molar-refractivity contribution is 5.84. The molecule has 0 aliphatic heterocycles. The van der Waals surface area contributed by atoms with Gasteiger partial charge in [-0.15, -0.1) is 0 Å². The molecule has 0 atom stereocenters. The molecule has 0 unspecified atom stereocenters. The molecule has 3 amide bonds. The Morgan fingerprint density at radius 2 is 1.88 bits per heavy atom. The van der Waals surface area contributed by atoms with Crippen LogP contribution >= 0.6 is 0 Å². The third-order valence-electron chi connectivity index (χ3n) is 2.20. The highest BCUT2D eigenvalue weighted by Gasteiger charge is 2.22. The Bertz CT molecular complexity index is 302. The Morgan fingerprint density at radius 3 is 2.47 bits per heavy atom. The van der Waals surface area contributed by atoms with Gasteiger partial charge >= 0.3 is 12.0 Å². The molecular weight excluding hydrogens is 226 g/mol. The van der Waals surface area contributed by atoms with Gasteiger partial charge < -0.3 is 21.1 Å². The Balaban J connectivity index is 1.96. The van der Waals surface area contributed by atoms with E-state index >= 15 is 0 Å². The van der Waals surface area contributed by atoms with Crippen molar-refractivity contribution >= 4 is 17.9 Å². The number of carbonyl (C=O) groups is 3. The molecule has 0 aromatic rings. The summed E-state index contributed by atoms with van der Waals surface area (Å²) in [5.74, 6) is -1.09. The topological polar surface area (TPSA) is 108 Å². The van der Waals surface area contributed by atoms with Crippen molar-refractivity contribution in [3.05, 3.63) is 0 Å². The van der Waals surface area contributed by atoms with E-state index in [0.29, 0.717) is 6.42 Å². The smallest absolute Gasteiger partial charge is 0.315 e. The predicted octanol–water partition coefficient (Wildman–Crippen LogP) is -0.571. The summed E-state index contributed by atoms with van der Waals surface area (Å²) in [6.45, 7) is 0.226. The molecule has 4 N–H and O–H groups in total. The molecule has 96 valence electrons. The van der Waals surface area contributed by atoms with Gasteiger partial charge in [0.05, 0.1) is 6.54 Å². The van der Waals surface area contributed by atoms with Gasteiger partial charge in [-0.3, -0.25) is 9.59 Å². The number of hydrogen-bond donors (Lipinski definition) is 4. The normalized spacial score (nSPS) is 13.9. The first-order valence-corrected chi connectivity index (χ1v) is 5.61. The fourth-order valence-corrected chi connectivity index (χ4v) is 1.17. The van der Waals surface area contributed by atoms with E-state index in [-0.39, 0.29) is 31.5 Å². The van der Waals surface area contributed by atoms with Crippen molar-refractivity contribution in [3.8, 4) is 0 Å². The molecule has 1 saturated carbocycles. The lowest BCUT2D eigenvalue weighted by Gasteiger charge is -2.07. The third kappa shape index (κ3) is 7.15. The summed E-state index contributed by atoms with van der Waals surface area (Å²) in [4.78, 5) is 32.5. The molecule has 7 nitrogen and oxygen atoms in total. The van der Waals surface area contributed by atoms with E-state index in [1.807, 2.05) is 0 Å². The summed E-state index contributed by atoms with van der Waals surface area (Å²) in [6, 6.07) is -0.177. The average Bonchev–Trinajstić information content (AvgIpc) is 3.05. The molecule has 7 heteroatoms. The van der Waals surface area contributed by atoms with Crippen LogP contribution in [0.5, 0.6) is 0 Å². The molecule has 0 spiro atoms. The molecule has 0 aromatic carbocycles. The monoisotopic (exact) mass is 243 g/mol. The fraction of sp³-hybridized carbons (Fsp3) is 0.700. The predicted molar refractivity (Wildman–Crippen MR) is 59.4 cm³/mol. The Kier molecular flexibility index (Phi) is 5.25. The van der Waals surface area contributed by atoms with E-state index in [0.717, 1.165) is 12.8 Å². The van der Waals surface area contributed by atoms with E-state index in [2.05, 4.69) is 16.0 Å². The number of nitrogens with one attached hydrogen (secondary N) is 3. The lowest BCUT2D eigenvalue weighted by molar-refractivity contribution is -0.137. The largest absolute Gasteiger partial charge is 0.481 e. The van der Waals surface area contributed by atoms with E-state index in [1.165, 1.54) is 0 Å². The van der Waals surface area contributed by atoms with Crippen molar-refractivity contribution in [2.75, 3.05) is 13.1 Å². The summed E-state index contributed by atoms with van der Waals surface area (Å²) in [6.07, 6.45) is 2.40. The van der Waals surface area contributed by atoms with Crippen LogP contribution in [0.4, 0.5) is 4.79 Å². The SMILES string of the molecule is O=C(O)CCCNC(=O)NCC(=O)NC1CC1. The number of carbonyl (C=O) groups excluding carboxylic acids is 2. The van der Waals surface area contributed by atoms with Crippen LogP contribution in [0.3, 0.4) is 0 Å². The van der Waals surface area contributed by atoms with Crippen LogP contribution in [-0.2, 0) is 9.59 Å². The molecule has 1 aliphatic rings. The van der Waals surface area contributed by atoms with Crippen molar-refractivity contribution in [3.63, 3.8) is 0 Å². The van der Waals surface area contributed by atoms with Crippen molar-refractivity contribution in [1.82, 2.24) is 16.0 Å². The number of hydrogen-bond acceptors (Lipinski definition) is 3. The number of carboxylic acids is 1. The van der Waals surface area contributed by atoms with Gasteiger partial charge in [-0.25, -0.2) is 4.79 Å². The molecule has 0 bridgehead atoms. The highest BCUT2D eigenvalue weighted by atomic mass is 16.4. The zero-order valence-corrected chi connectivity index (χ0v) is 9.49. The minimum atomic E-state index is -0.893. The molecule has 17 heavy (non-hydrogen) atoms. The lowest BCUT2D eigenvalue weighted by atomic mass is 10.3. The van der Waals surface area contributed by atoms with Gasteiger partial charge in [-0.05, 0) is 19.3 Å². The number of urea groups is 1. The van der Waals surface area contributed by atoms with Crippen LogP contribution < -0.4 is 16.0 Å². The Hall–Kier alpha value is -1.79. The molecular formula is C10H17N3O4. The first kappa shape index (κ1) is 13.3. The molecule has 0 heterocycles. The third-order valence-corrected chi connectivity index (χ3v) is 2.20. The molecule has 0 saturated heterocycles. The first-order valence-electron chi connectivity index (χ1n) is 5.61. The van der Waals surface area contributed by atoms with Crippen molar-refractivity contribution < 1.29 is 19.5 Å². The molecule has 1 rings (SSSR count). The summed E-state index contributed by atoms with van der Waals surface area (Å²) < 4.78 is 0. The van der Waals surface area contributed by atoms with Crippen LogP contribution in [0.1, 0.15) is 25.7 Å². The second kappa shape index (κ2) is 6.72. The first-order chi connectivity index (χ1) is 8.08.